The van der Waals surface area contributed by atoms with E-state index in [4.69, 9.17) is 5.11 Å². The minimum Gasteiger partial charge on any atom is -0.396 e. The monoisotopic (exact) mass is 250 g/mol. The summed E-state index contributed by atoms with van der Waals surface area (Å²) in [5.41, 5.74) is 0. The van der Waals surface area contributed by atoms with Crippen LogP contribution in [0.15, 0.2) is 47.4 Å². The molecular weight excluding hydrogens is 236 g/mol. The molecule has 0 aliphatic rings. The Morgan fingerprint density at radius 2 is 1.71 bits per heavy atom. The van der Waals surface area contributed by atoms with E-state index in [9.17, 15) is 8.42 Å². The summed E-state index contributed by atoms with van der Waals surface area (Å²) in [6, 6.07) is 12.7. The molecule has 0 aliphatic heterocycles. The van der Waals surface area contributed by atoms with Crippen LogP contribution in [0.3, 0.4) is 0 Å². The van der Waals surface area contributed by atoms with Gasteiger partial charge in [-0.3, -0.25) is 0 Å². The number of fused-ring (bicyclic) bond motifs is 1. The zero-order valence-electron chi connectivity index (χ0n) is 9.33. The summed E-state index contributed by atoms with van der Waals surface area (Å²) in [4.78, 5) is 0.351. The lowest BCUT2D eigenvalue weighted by atomic mass is 10.1. The molecule has 90 valence electrons. The number of hydrogen-bond donors (Lipinski definition) is 1. The highest BCUT2D eigenvalue weighted by molar-refractivity contribution is 7.91. The van der Waals surface area contributed by atoms with Gasteiger partial charge in [0.1, 0.15) is 0 Å². The number of benzene rings is 2. The average molecular weight is 250 g/mol. The number of sulfone groups is 1. The first-order chi connectivity index (χ1) is 8.15. The number of aliphatic hydroxyl groups is 1. The van der Waals surface area contributed by atoms with E-state index in [0.717, 1.165) is 10.8 Å². The topological polar surface area (TPSA) is 54.4 Å². The lowest BCUT2D eigenvalue weighted by Gasteiger charge is -2.07. The van der Waals surface area contributed by atoms with Crippen molar-refractivity contribution in [2.24, 2.45) is 0 Å². The summed E-state index contributed by atoms with van der Waals surface area (Å²) in [7, 11) is -3.31. The van der Waals surface area contributed by atoms with Crippen LogP contribution in [0.5, 0.6) is 0 Å². The Labute approximate surface area is 101 Å². The molecule has 0 amide bonds. The normalized spacial score (nSPS) is 11.8. The molecule has 0 saturated carbocycles. The van der Waals surface area contributed by atoms with Crippen LogP contribution in [0, 0.1) is 0 Å². The SMILES string of the molecule is O=S(=O)(CCCO)c1cccc2ccccc12. The van der Waals surface area contributed by atoms with Crippen molar-refractivity contribution in [3.8, 4) is 0 Å². The van der Waals surface area contributed by atoms with Crippen LogP contribution >= 0.6 is 0 Å². The molecule has 4 heteroatoms. The Balaban J connectivity index is 2.55. The molecule has 1 N–H and O–H groups in total. The minimum atomic E-state index is -3.31. The first kappa shape index (κ1) is 12.1. The number of aliphatic hydroxyl groups excluding tert-OH is 1. The van der Waals surface area contributed by atoms with Crippen molar-refractivity contribution in [2.45, 2.75) is 11.3 Å². The van der Waals surface area contributed by atoms with Crippen molar-refractivity contribution in [2.75, 3.05) is 12.4 Å². The van der Waals surface area contributed by atoms with Crippen LogP contribution in [-0.4, -0.2) is 25.9 Å². The van der Waals surface area contributed by atoms with Crippen LogP contribution in [0.1, 0.15) is 6.42 Å². The van der Waals surface area contributed by atoms with Crippen molar-refractivity contribution >= 4 is 20.6 Å². The van der Waals surface area contributed by atoms with Gasteiger partial charge >= 0.3 is 0 Å². The lowest BCUT2D eigenvalue weighted by molar-refractivity contribution is 0.295. The van der Waals surface area contributed by atoms with Gasteiger partial charge in [-0.1, -0.05) is 36.4 Å². The Hall–Kier alpha value is -1.39. The van der Waals surface area contributed by atoms with Gasteiger partial charge in [0.05, 0.1) is 10.6 Å². The predicted molar refractivity (Wildman–Crippen MR) is 67.7 cm³/mol. The molecule has 3 nitrogen and oxygen atoms in total. The Bertz CT molecular complexity index is 612. The molecule has 0 spiro atoms. The van der Waals surface area contributed by atoms with Gasteiger partial charge in [0, 0.05) is 12.0 Å². The summed E-state index contributed by atoms with van der Waals surface area (Å²) >= 11 is 0. The van der Waals surface area contributed by atoms with Crippen LogP contribution in [0.4, 0.5) is 0 Å². The zero-order chi connectivity index (χ0) is 12.3. The molecule has 0 heterocycles. The predicted octanol–water partition coefficient (Wildman–Crippen LogP) is 2.00. The molecule has 2 aromatic carbocycles. The maximum atomic E-state index is 12.1. The molecule has 0 aliphatic carbocycles. The molecule has 17 heavy (non-hydrogen) atoms. The maximum absolute atomic E-state index is 12.1. The van der Waals surface area contributed by atoms with Crippen LogP contribution in [0.2, 0.25) is 0 Å². The van der Waals surface area contributed by atoms with E-state index < -0.39 is 9.84 Å². The van der Waals surface area contributed by atoms with Gasteiger partial charge in [0.15, 0.2) is 9.84 Å². The zero-order valence-corrected chi connectivity index (χ0v) is 10.2. The third-order valence-corrected chi connectivity index (χ3v) is 4.51. The van der Waals surface area contributed by atoms with Crippen LogP contribution < -0.4 is 0 Å². The summed E-state index contributed by atoms with van der Waals surface area (Å²) in [6.07, 6.45) is 0.269. The standard InChI is InChI=1S/C13H14O3S/c14-9-4-10-17(15,16)13-8-3-6-11-5-1-2-7-12(11)13/h1-3,5-8,14H,4,9-10H2. The van der Waals surface area contributed by atoms with Crippen molar-refractivity contribution in [1.29, 1.82) is 0 Å². The van der Waals surface area contributed by atoms with Gasteiger partial charge in [-0.05, 0) is 17.9 Å². The quantitative estimate of drug-likeness (QED) is 0.903. The molecule has 0 aromatic heterocycles. The second kappa shape index (κ2) is 4.85. The highest BCUT2D eigenvalue weighted by Crippen LogP contribution is 2.23. The molecule has 0 bridgehead atoms. The molecule has 0 radical (unpaired) electrons. The third kappa shape index (κ3) is 2.48. The summed E-state index contributed by atoms with van der Waals surface area (Å²) < 4.78 is 24.2. The highest BCUT2D eigenvalue weighted by Gasteiger charge is 2.16. The Kier molecular flexibility index (Phi) is 3.45. The van der Waals surface area contributed by atoms with E-state index >= 15 is 0 Å². The van der Waals surface area contributed by atoms with Gasteiger partial charge in [0.25, 0.3) is 0 Å². The van der Waals surface area contributed by atoms with Gasteiger partial charge in [0.2, 0.25) is 0 Å². The molecule has 0 saturated heterocycles. The summed E-state index contributed by atoms with van der Waals surface area (Å²) in [5.74, 6) is -0.0164. The van der Waals surface area contributed by atoms with E-state index in [0.29, 0.717) is 4.90 Å². The van der Waals surface area contributed by atoms with Gasteiger partial charge in [-0.15, -0.1) is 0 Å². The maximum Gasteiger partial charge on any atom is 0.179 e. The average Bonchev–Trinajstić information content (AvgIpc) is 2.36. The van der Waals surface area contributed by atoms with Crippen LogP contribution in [0.25, 0.3) is 10.8 Å². The number of hydrogen-bond acceptors (Lipinski definition) is 3. The fourth-order valence-electron chi connectivity index (χ4n) is 1.83. The van der Waals surface area contributed by atoms with Crippen molar-refractivity contribution < 1.29 is 13.5 Å². The smallest absolute Gasteiger partial charge is 0.179 e. The highest BCUT2D eigenvalue weighted by atomic mass is 32.2. The van der Waals surface area contributed by atoms with Crippen LogP contribution in [-0.2, 0) is 9.84 Å². The second-order valence-electron chi connectivity index (χ2n) is 3.87. The second-order valence-corrected chi connectivity index (χ2v) is 5.95. The first-order valence-electron chi connectivity index (χ1n) is 5.46. The Morgan fingerprint density at radius 3 is 2.47 bits per heavy atom. The summed E-state index contributed by atoms with van der Waals surface area (Å²) in [5, 5.41) is 10.4. The van der Waals surface area contributed by atoms with E-state index in [1.807, 2.05) is 24.3 Å². The van der Waals surface area contributed by atoms with Crippen molar-refractivity contribution in [1.82, 2.24) is 0 Å². The molecule has 2 aromatic rings. The lowest BCUT2D eigenvalue weighted by Crippen LogP contribution is -2.08. The number of rotatable bonds is 4. The largest absolute Gasteiger partial charge is 0.396 e. The van der Waals surface area contributed by atoms with E-state index in [-0.39, 0.29) is 18.8 Å². The van der Waals surface area contributed by atoms with Crippen molar-refractivity contribution in [3.05, 3.63) is 42.5 Å². The Morgan fingerprint density at radius 1 is 1.00 bits per heavy atom. The molecular formula is C13H14O3S. The van der Waals surface area contributed by atoms with Gasteiger partial charge in [-0.2, -0.15) is 0 Å². The fraction of sp³-hybridized carbons (Fsp3) is 0.231. The van der Waals surface area contributed by atoms with E-state index in [2.05, 4.69) is 0 Å². The van der Waals surface area contributed by atoms with Gasteiger partial charge < -0.3 is 5.11 Å². The van der Waals surface area contributed by atoms with Gasteiger partial charge in [-0.25, -0.2) is 8.42 Å². The minimum absolute atomic E-state index is 0.0164. The molecule has 0 unspecified atom stereocenters. The van der Waals surface area contributed by atoms with E-state index in [1.165, 1.54) is 0 Å². The first-order valence-corrected chi connectivity index (χ1v) is 7.12. The molecule has 0 fully saturated rings. The van der Waals surface area contributed by atoms with Crippen molar-refractivity contribution in [3.63, 3.8) is 0 Å². The summed E-state index contributed by atoms with van der Waals surface area (Å²) in [6.45, 7) is -0.107. The molecule has 2 rings (SSSR count). The third-order valence-electron chi connectivity index (χ3n) is 2.66. The fourth-order valence-corrected chi connectivity index (χ4v) is 3.37. The molecule has 0 atom stereocenters. The van der Waals surface area contributed by atoms with E-state index in [1.54, 1.807) is 18.2 Å².